The summed E-state index contributed by atoms with van der Waals surface area (Å²) >= 11 is 6.44. The molecule has 0 unspecified atom stereocenters. The van der Waals surface area contributed by atoms with Crippen LogP contribution in [-0.4, -0.2) is 19.8 Å². The summed E-state index contributed by atoms with van der Waals surface area (Å²) in [7, 11) is 2.52. The maximum Gasteiger partial charge on any atom is 0.287 e. The van der Waals surface area contributed by atoms with Gasteiger partial charge in [-0.25, -0.2) is 9.97 Å². The van der Waals surface area contributed by atoms with Gasteiger partial charge in [-0.05, 0) is 33.7 Å². The number of pyridine rings is 2. The summed E-state index contributed by atoms with van der Waals surface area (Å²) in [6.45, 7) is 0. The topological polar surface area (TPSA) is 112 Å². The van der Waals surface area contributed by atoms with Crippen LogP contribution in [0.5, 0.6) is 0 Å². The van der Waals surface area contributed by atoms with Gasteiger partial charge in [0, 0.05) is 12.1 Å². The Morgan fingerprint density at radius 2 is 1.18 bits per heavy atom. The van der Waals surface area contributed by atoms with Gasteiger partial charge >= 0.3 is 0 Å². The summed E-state index contributed by atoms with van der Waals surface area (Å²) in [5.74, 6) is 0. The first-order chi connectivity index (χ1) is 10.6. The third kappa shape index (κ3) is 5.71. The van der Waals surface area contributed by atoms with Gasteiger partial charge in [0.15, 0.2) is 0 Å². The molecule has 116 valence electrons. The van der Waals surface area contributed by atoms with Crippen LogP contribution in [0.2, 0.25) is 0 Å². The minimum absolute atomic E-state index is 0.0761. The lowest BCUT2D eigenvalue weighted by molar-refractivity contribution is -0.385. The van der Waals surface area contributed by atoms with Gasteiger partial charge in [-0.15, -0.1) is 23.3 Å². The van der Waals surface area contributed by atoms with Crippen LogP contribution in [-0.2, 0) is 0 Å². The molecule has 2 heterocycles. The maximum atomic E-state index is 10.5. The van der Waals surface area contributed by atoms with Crippen LogP contribution in [0.1, 0.15) is 0 Å². The molecule has 0 bridgehead atoms. The molecule has 0 atom stereocenters. The van der Waals surface area contributed by atoms with E-state index in [1.807, 2.05) is 0 Å². The van der Waals surface area contributed by atoms with Crippen molar-refractivity contribution in [3.05, 3.63) is 56.9 Å². The molecule has 0 saturated carbocycles. The second-order valence-corrected chi connectivity index (χ2v) is 5.56. The summed E-state index contributed by atoms with van der Waals surface area (Å²) in [6.07, 6.45) is 2.35. The number of rotatable bonds is 5. The van der Waals surface area contributed by atoms with Crippen molar-refractivity contribution in [3.63, 3.8) is 0 Å². The van der Waals surface area contributed by atoms with E-state index in [4.69, 9.17) is 0 Å². The lowest BCUT2D eigenvalue weighted by Crippen LogP contribution is -1.89. The minimum Gasteiger partial charge on any atom is -0.258 e. The van der Waals surface area contributed by atoms with E-state index in [0.717, 1.165) is 0 Å². The van der Waals surface area contributed by atoms with Crippen molar-refractivity contribution >= 4 is 56.3 Å². The van der Waals surface area contributed by atoms with Gasteiger partial charge in [-0.3, -0.25) is 20.2 Å². The van der Waals surface area contributed by atoms with E-state index < -0.39 is 9.85 Å². The second kappa shape index (κ2) is 9.50. The Bertz CT molecular complexity index is 581. The number of hydrogen-bond acceptors (Lipinski definition) is 10. The standard InChI is InChI=1S/C10H6N4O4S2.H2S2/c15-13(16)7-1-3-9(11-5-7)19-20-10-4-2-8(6-12-10)14(17)18;1-2/h1-6H;1-2H. The molecule has 0 aliphatic carbocycles. The van der Waals surface area contributed by atoms with Crippen LogP contribution < -0.4 is 0 Å². The van der Waals surface area contributed by atoms with Gasteiger partial charge in [-0.1, -0.05) is 0 Å². The van der Waals surface area contributed by atoms with E-state index in [1.165, 1.54) is 58.2 Å². The molecular weight excluding hydrogens is 368 g/mol. The molecule has 2 rings (SSSR count). The fourth-order valence-electron chi connectivity index (χ4n) is 1.14. The van der Waals surface area contributed by atoms with E-state index >= 15 is 0 Å². The van der Waals surface area contributed by atoms with E-state index in [0.29, 0.717) is 10.1 Å². The zero-order chi connectivity index (χ0) is 16.5. The van der Waals surface area contributed by atoms with Gasteiger partial charge in [0.25, 0.3) is 11.4 Å². The molecule has 0 N–H and O–H groups in total. The molecule has 2 aromatic heterocycles. The van der Waals surface area contributed by atoms with Crippen LogP contribution in [0.15, 0.2) is 46.7 Å². The van der Waals surface area contributed by atoms with Gasteiger partial charge in [0.1, 0.15) is 22.4 Å². The van der Waals surface area contributed by atoms with Crippen molar-refractivity contribution in [3.8, 4) is 0 Å². The Morgan fingerprint density at radius 3 is 1.41 bits per heavy atom. The molecule has 0 amide bonds. The SMILES string of the molecule is O=[N+]([O-])c1ccc(SSc2ccc([N+](=O)[O-])cn2)nc1.SS. The molecule has 0 aromatic carbocycles. The fraction of sp³-hybridized carbons (Fsp3) is 0. The van der Waals surface area contributed by atoms with Crippen molar-refractivity contribution in [1.29, 1.82) is 0 Å². The maximum absolute atomic E-state index is 10.5. The molecular formula is C10H8N4O4S4. The summed E-state index contributed by atoms with van der Waals surface area (Å²) < 4.78 is 0. The Hall–Kier alpha value is -1.50. The van der Waals surface area contributed by atoms with Crippen LogP contribution in [0.3, 0.4) is 0 Å². The van der Waals surface area contributed by atoms with E-state index in [2.05, 4.69) is 33.3 Å². The number of aromatic nitrogens is 2. The predicted octanol–water partition coefficient (Wildman–Crippen LogP) is 3.85. The molecule has 0 aliphatic heterocycles. The van der Waals surface area contributed by atoms with Crippen molar-refractivity contribution in [2.75, 3.05) is 0 Å². The average Bonchev–Trinajstić information content (AvgIpc) is 2.55. The highest BCUT2D eigenvalue weighted by molar-refractivity contribution is 8.76. The molecule has 0 radical (unpaired) electrons. The molecule has 22 heavy (non-hydrogen) atoms. The van der Waals surface area contributed by atoms with Crippen molar-refractivity contribution in [2.24, 2.45) is 0 Å². The van der Waals surface area contributed by atoms with Gasteiger partial charge < -0.3 is 0 Å². The Morgan fingerprint density at radius 1 is 0.818 bits per heavy atom. The summed E-state index contributed by atoms with van der Waals surface area (Å²) in [4.78, 5) is 27.7. The van der Waals surface area contributed by atoms with Crippen molar-refractivity contribution in [1.82, 2.24) is 9.97 Å². The second-order valence-electron chi connectivity index (χ2n) is 3.39. The number of thiol groups is 2. The van der Waals surface area contributed by atoms with Crippen molar-refractivity contribution < 1.29 is 9.85 Å². The van der Waals surface area contributed by atoms with Crippen LogP contribution >= 0.6 is 44.9 Å². The first kappa shape index (κ1) is 18.5. The Balaban J connectivity index is 0.00000116. The average molecular weight is 376 g/mol. The summed E-state index contributed by atoms with van der Waals surface area (Å²) in [6, 6.07) is 5.78. The molecule has 0 aliphatic rings. The first-order valence-electron chi connectivity index (χ1n) is 5.31. The fourth-order valence-corrected chi connectivity index (χ4v) is 2.86. The first-order valence-corrected chi connectivity index (χ1v) is 9.06. The van der Waals surface area contributed by atoms with Gasteiger partial charge in [0.2, 0.25) is 0 Å². The van der Waals surface area contributed by atoms with Gasteiger partial charge in [-0.2, -0.15) is 0 Å². The smallest absolute Gasteiger partial charge is 0.258 e. The monoisotopic (exact) mass is 376 g/mol. The molecule has 8 nitrogen and oxygen atoms in total. The van der Waals surface area contributed by atoms with E-state index in [-0.39, 0.29) is 11.4 Å². The lowest BCUT2D eigenvalue weighted by Gasteiger charge is -1.99. The highest BCUT2D eigenvalue weighted by atomic mass is 33.1. The largest absolute Gasteiger partial charge is 0.287 e. The Kier molecular flexibility index (Phi) is 8.01. The molecule has 0 fully saturated rings. The quantitative estimate of drug-likeness (QED) is 0.350. The summed E-state index contributed by atoms with van der Waals surface area (Å²) in [5, 5.41) is 22.1. The molecule has 0 spiro atoms. The molecule has 12 heteroatoms. The molecule has 0 saturated heterocycles. The zero-order valence-electron chi connectivity index (χ0n) is 10.6. The summed E-state index contributed by atoms with van der Waals surface area (Å²) in [5.41, 5.74) is -0.152. The highest BCUT2D eigenvalue weighted by Crippen LogP contribution is 2.35. The van der Waals surface area contributed by atoms with E-state index in [1.54, 1.807) is 0 Å². The van der Waals surface area contributed by atoms with Crippen LogP contribution in [0, 0.1) is 20.2 Å². The third-order valence-electron chi connectivity index (χ3n) is 2.08. The van der Waals surface area contributed by atoms with Crippen LogP contribution in [0.25, 0.3) is 0 Å². The number of hydrogen-bond donors (Lipinski definition) is 2. The molecule has 2 aromatic rings. The zero-order valence-corrected chi connectivity index (χ0v) is 14.0. The number of nitro groups is 2. The highest BCUT2D eigenvalue weighted by Gasteiger charge is 2.08. The Labute approximate surface area is 143 Å². The number of nitrogens with zero attached hydrogens (tertiary/aromatic N) is 4. The van der Waals surface area contributed by atoms with E-state index in [9.17, 15) is 20.2 Å². The third-order valence-corrected chi connectivity index (χ3v) is 4.26. The van der Waals surface area contributed by atoms with Gasteiger partial charge in [0.05, 0.1) is 9.85 Å². The van der Waals surface area contributed by atoms with Crippen LogP contribution in [0.4, 0.5) is 11.4 Å². The lowest BCUT2D eigenvalue weighted by atomic mass is 10.4. The normalized spacial score (nSPS) is 9.55. The minimum atomic E-state index is -0.521. The van der Waals surface area contributed by atoms with Crippen molar-refractivity contribution in [2.45, 2.75) is 10.1 Å². The predicted molar refractivity (Wildman–Crippen MR) is 91.5 cm³/mol.